The number of nitrogens with zero attached hydrogens (tertiary/aromatic N) is 6. The van der Waals surface area contributed by atoms with Crippen molar-refractivity contribution in [3.63, 3.8) is 0 Å². The number of aromatic nitrogens is 4. The molecule has 0 unspecified atom stereocenters. The molecule has 0 fully saturated rings. The molecule has 0 spiro atoms. The third-order valence-corrected chi connectivity index (χ3v) is 8.84. The molecule has 0 aliphatic carbocycles. The maximum atomic E-state index is 11.3. The van der Waals surface area contributed by atoms with Gasteiger partial charge in [-0.2, -0.15) is 0 Å². The van der Waals surface area contributed by atoms with Crippen LogP contribution in [0.4, 0.5) is 11.4 Å². The van der Waals surface area contributed by atoms with Crippen molar-refractivity contribution >= 4 is 27.3 Å². The highest BCUT2D eigenvalue weighted by atomic mass is 79.9. The van der Waals surface area contributed by atoms with Gasteiger partial charge >= 0.3 is 0 Å². The van der Waals surface area contributed by atoms with Gasteiger partial charge in [-0.05, 0) is 65.2 Å². The van der Waals surface area contributed by atoms with Crippen LogP contribution in [0.25, 0.3) is 0 Å². The summed E-state index contributed by atoms with van der Waals surface area (Å²) in [6, 6.07) is 20.8. The summed E-state index contributed by atoms with van der Waals surface area (Å²) in [4.78, 5) is 38.4. The molecule has 0 aliphatic rings. The first-order valence-electron chi connectivity index (χ1n) is 17.6. The molecule has 2 aromatic heterocycles. The molecule has 15 heteroatoms. The summed E-state index contributed by atoms with van der Waals surface area (Å²) in [6.45, 7) is 3.69. The summed E-state index contributed by atoms with van der Waals surface area (Å²) in [7, 11) is 6.35. The van der Waals surface area contributed by atoms with Gasteiger partial charge < -0.3 is 18.9 Å². The van der Waals surface area contributed by atoms with Gasteiger partial charge in [-0.3, -0.25) is 20.2 Å². The van der Waals surface area contributed by atoms with Crippen molar-refractivity contribution in [2.45, 2.75) is 34.1 Å². The van der Waals surface area contributed by atoms with E-state index in [0.29, 0.717) is 57.8 Å². The second-order valence-corrected chi connectivity index (χ2v) is 13.2. The Labute approximate surface area is 357 Å². The number of terminal acetylenes is 1. The zero-order valence-electron chi connectivity index (χ0n) is 33.1. The second kappa shape index (κ2) is 23.1. The fourth-order valence-corrected chi connectivity index (χ4v) is 5.55. The highest BCUT2D eigenvalue weighted by molar-refractivity contribution is 9.10. The summed E-state index contributed by atoms with van der Waals surface area (Å²) < 4.78 is 21.3. The Morgan fingerprint density at radius 2 is 0.967 bits per heavy atom. The first-order valence-corrected chi connectivity index (χ1v) is 18.3. The van der Waals surface area contributed by atoms with Crippen LogP contribution in [0.15, 0.2) is 102 Å². The number of nitro benzene ring substituents is 2. The van der Waals surface area contributed by atoms with E-state index >= 15 is 0 Å². The van der Waals surface area contributed by atoms with Gasteiger partial charge in [0.25, 0.3) is 11.4 Å². The van der Waals surface area contributed by atoms with Crippen LogP contribution in [0.5, 0.6) is 23.0 Å². The molecule has 60 heavy (non-hydrogen) atoms. The van der Waals surface area contributed by atoms with E-state index in [-0.39, 0.29) is 35.1 Å². The van der Waals surface area contributed by atoms with Crippen LogP contribution in [-0.2, 0) is 12.8 Å². The minimum atomic E-state index is -0.384. The summed E-state index contributed by atoms with van der Waals surface area (Å²) in [5, 5.41) is 22.2. The van der Waals surface area contributed by atoms with Crippen molar-refractivity contribution in [1.82, 2.24) is 19.9 Å². The van der Waals surface area contributed by atoms with Gasteiger partial charge in [0.15, 0.2) is 0 Å². The van der Waals surface area contributed by atoms with E-state index in [1.54, 1.807) is 89.6 Å². The molecule has 308 valence electrons. The van der Waals surface area contributed by atoms with Gasteiger partial charge in [-0.1, -0.05) is 49.5 Å². The van der Waals surface area contributed by atoms with E-state index in [0.717, 1.165) is 26.7 Å². The van der Waals surface area contributed by atoms with Gasteiger partial charge in [0.05, 0.1) is 48.3 Å². The van der Waals surface area contributed by atoms with E-state index in [1.807, 2.05) is 38.1 Å². The molecule has 4 aromatic carbocycles. The predicted molar refractivity (Wildman–Crippen MR) is 233 cm³/mol. The standard InChI is InChI=1S/C22H19N3O4.C12H10BrN3O2.C10H10O2.CH4/c1-15-5-4-6-21(25(26)27)20(15)12-22-23-13-17(14-24-22)8-7-16-9-18(28-2)11-19(10-16)29-3;1-8-3-2-4-11(16(17)18)10(8)5-12-14-6-9(13)7-15-12;1-4-8-5-9(11-2)7-10(6-8)12-3;/h4-6,9-11,13-14H,12H2,1-3H3;2-4,6-7H,5H2,1H3;1,5-7H,2-3H3;1H4. The quantitative estimate of drug-likeness (QED) is 0.0727. The summed E-state index contributed by atoms with van der Waals surface area (Å²) in [5.74, 6) is 12.3. The monoisotopic (exact) mass is 874 g/mol. The van der Waals surface area contributed by atoms with Gasteiger partial charge in [0.1, 0.15) is 34.6 Å². The highest BCUT2D eigenvalue weighted by Gasteiger charge is 2.18. The zero-order chi connectivity index (χ0) is 42.9. The zero-order valence-corrected chi connectivity index (χ0v) is 34.6. The lowest BCUT2D eigenvalue weighted by atomic mass is 10.0. The minimum Gasteiger partial charge on any atom is -0.497 e. The number of hydrogen-bond acceptors (Lipinski definition) is 12. The lowest BCUT2D eigenvalue weighted by Crippen LogP contribution is -2.02. The number of halogens is 1. The molecule has 14 nitrogen and oxygen atoms in total. The molecule has 2 heterocycles. The van der Waals surface area contributed by atoms with Gasteiger partial charge in [-0.15, -0.1) is 6.42 Å². The summed E-state index contributed by atoms with van der Waals surface area (Å²) >= 11 is 3.25. The smallest absolute Gasteiger partial charge is 0.273 e. The van der Waals surface area contributed by atoms with Gasteiger partial charge in [-0.25, -0.2) is 19.9 Å². The largest absolute Gasteiger partial charge is 0.497 e. The van der Waals surface area contributed by atoms with E-state index in [4.69, 9.17) is 25.4 Å². The SMILES string of the molecule is C.C#Cc1cc(OC)cc(OC)c1.COc1cc(C#Cc2cnc(Cc3c(C)cccc3[N+](=O)[O-])nc2)cc(OC)c1.Cc1cccc([N+](=O)[O-])c1Cc1ncc(Br)cn1. The molecule has 0 N–H and O–H groups in total. The number of rotatable bonds is 10. The first-order chi connectivity index (χ1) is 28.4. The van der Waals surface area contributed by atoms with Gasteiger partial charge in [0, 0.05) is 84.1 Å². The van der Waals surface area contributed by atoms with Crippen LogP contribution in [-0.4, -0.2) is 58.2 Å². The predicted octanol–water partition coefficient (Wildman–Crippen LogP) is 9.07. The van der Waals surface area contributed by atoms with E-state index < -0.39 is 0 Å². The average Bonchev–Trinajstić information content (AvgIpc) is 3.25. The Kier molecular flexibility index (Phi) is 18.1. The number of benzene rings is 4. The average molecular weight is 876 g/mol. The fourth-order valence-electron chi connectivity index (χ4n) is 5.35. The summed E-state index contributed by atoms with van der Waals surface area (Å²) in [5.41, 5.74) is 5.28. The number of nitro groups is 2. The van der Waals surface area contributed by atoms with Crippen molar-refractivity contribution < 1.29 is 28.8 Å². The molecule has 0 atom stereocenters. The van der Waals surface area contributed by atoms with E-state index in [1.165, 1.54) is 12.1 Å². The molecule has 0 aliphatic heterocycles. The van der Waals surface area contributed by atoms with Crippen LogP contribution in [0.1, 0.15) is 58.0 Å². The maximum Gasteiger partial charge on any atom is 0.273 e. The number of methoxy groups -OCH3 is 4. The van der Waals surface area contributed by atoms with Crippen LogP contribution in [0, 0.1) is 58.3 Å². The second-order valence-electron chi connectivity index (χ2n) is 12.3. The molecular formula is C45H43BrN6O8. The Bertz CT molecular complexity index is 2470. The topological polar surface area (TPSA) is 175 Å². The number of ether oxygens (including phenoxy) is 4. The minimum absolute atomic E-state index is 0. The van der Waals surface area contributed by atoms with Crippen molar-refractivity contribution in [3.05, 3.63) is 173 Å². The molecule has 6 rings (SSSR count). The Morgan fingerprint density at radius 1 is 0.600 bits per heavy atom. The molecule has 6 aromatic rings. The normalized spacial score (nSPS) is 9.70. The van der Waals surface area contributed by atoms with E-state index in [9.17, 15) is 20.2 Å². The number of hydrogen-bond donors (Lipinski definition) is 0. The van der Waals surface area contributed by atoms with Crippen LogP contribution in [0.3, 0.4) is 0 Å². The maximum absolute atomic E-state index is 11.3. The van der Waals surface area contributed by atoms with Crippen LogP contribution >= 0.6 is 15.9 Å². The van der Waals surface area contributed by atoms with Gasteiger partial charge in [0.2, 0.25) is 0 Å². The Hall–Kier alpha value is -7.36. The van der Waals surface area contributed by atoms with Crippen molar-refractivity contribution in [2.24, 2.45) is 0 Å². The molecule has 0 saturated heterocycles. The lowest BCUT2D eigenvalue weighted by Gasteiger charge is -2.06. The fraction of sp³-hybridized carbons (Fsp3) is 0.200. The first kappa shape index (κ1) is 47.0. The van der Waals surface area contributed by atoms with Crippen LogP contribution in [0.2, 0.25) is 0 Å². The van der Waals surface area contributed by atoms with E-state index in [2.05, 4.69) is 53.6 Å². The molecule has 0 saturated carbocycles. The number of aryl methyl sites for hydroxylation is 2. The van der Waals surface area contributed by atoms with Crippen molar-refractivity contribution in [2.75, 3.05) is 28.4 Å². The molecular weight excluding hydrogens is 832 g/mol. The molecule has 0 amide bonds. The third-order valence-electron chi connectivity index (χ3n) is 8.43. The van der Waals surface area contributed by atoms with Crippen molar-refractivity contribution in [1.29, 1.82) is 0 Å². The Balaban J connectivity index is 0.000000264. The Morgan fingerprint density at radius 3 is 1.33 bits per heavy atom. The third kappa shape index (κ3) is 13.6. The van der Waals surface area contributed by atoms with Crippen molar-refractivity contribution in [3.8, 4) is 47.2 Å². The van der Waals surface area contributed by atoms with Crippen LogP contribution < -0.4 is 18.9 Å². The lowest BCUT2D eigenvalue weighted by molar-refractivity contribution is -0.385. The molecule has 0 radical (unpaired) electrons. The summed E-state index contributed by atoms with van der Waals surface area (Å²) in [6.07, 6.45) is 12.4. The highest BCUT2D eigenvalue weighted by Crippen LogP contribution is 2.26. The molecule has 0 bridgehead atoms.